The van der Waals surface area contributed by atoms with Gasteiger partial charge in [0.2, 0.25) is 5.91 Å². The van der Waals surface area contributed by atoms with Gasteiger partial charge in [0.05, 0.1) is 10.5 Å². The SMILES string of the molecule is N=C(CCC(N)=O)c1ccc(OCC(=O)N2CCC(NCC(O)COc3cccc4[nH]c5ccccc5c34)CC2)c(Cl)c1. The Morgan fingerprint density at radius 3 is 2.58 bits per heavy atom. The second-order valence-electron chi connectivity index (χ2n) is 10.8. The first-order valence-corrected chi connectivity index (χ1v) is 14.8. The number of fused-ring (bicyclic) bond motifs is 3. The van der Waals surface area contributed by atoms with Crippen LogP contribution in [-0.4, -0.2) is 77.5 Å². The maximum Gasteiger partial charge on any atom is 0.260 e. The van der Waals surface area contributed by atoms with Crippen molar-refractivity contribution in [2.24, 2.45) is 5.73 Å². The Morgan fingerprint density at radius 2 is 1.81 bits per heavy atom. The Kier molecular flexibility index (Phi) is 9.81. The van der Waals surface area contributed by atoms with Crippen molar-refractivity contribution < 1.29 is 24.2 Å². The van der Waals surface area contributed by atoms with Crippen molar-refractivity contribution in [1.82, 2.24) is 15.2 Å². The molecule has 0 spiro atoms. The number of aliphatic hydroxyl groups is 1. The van der Waals surface area contributed by atoms with E-state index in [1.807, 2.05) is 36.4 Å². The number of nitrogens with two attached hydrogens (primary N) is 1. The molecule has 6 N–H and O–H groups in total. The fraction of sp³-hybridized carbons (Fsp3) is 0.344. The smallest absolute Gasteiger partial charge is 0.260 e. The predicted molar refractivity (Wildman–Crippen MR) is 167 cm³/mol. The molecule has 1 atom stereocenters. The van der Waals surface area contributed by atoms with E-state index < -0.39 is 12.0 Å². The van der Waals surface area contributed by atoms with Crippen LogP contribution in [0.4, 0.5) is 0 Å². The third kappa shape index (κ3) is 7.64. The predicted octanol–water partition coefficient (Wildman–Crippen LogP) is 4.01. The summed E-state index contributed by atoms with van der Waals surface area (Å²) in [4.78, 5) is 28.9. The minimum absolute atomic E-state index is 0.0913. The number of rotatable bonds is 13. The summed E-state index contributed by atoms with van der Waals surface area (Å²) in [6.07, 6.45) is 1.16. The third-order valence-electron chi connectivity index (χ3n) is 7.67. The number of nitrogens with zero attached hydrogens (tertiary/aromatic N) is 1. The number of halogens is 1. The first kappa shape index (κ1) is 30.3. The van der Waals surface area contributed by atoms with Gasteiger partial charge in [0.15, 0.2) is 6.61 Å². The number of amides is 2. The van der Waals surface area contributed by atoms with Crippen molar-refractivity contribution in [2.45, 2.75) is 37.8 Å². The molecule has 1 saturated heterocycles. The van der Waals surface area contributed by atoms with E-state index in [9.17, 15) is 14.7 Å². The molecular formula is C32H36ClN5O5. The lowest BCUT2D eigenvalue weighted by atomic mass is 10.0. The van der Waals surface area contributed by atoms with Gasteiger partial charge in [0.1, 0.15) is 24.2 Å². The number of piperidine rings is 1. The molecule has 1 unspecified atom stereocenters. The molecule has 11 heteroatoms. The molecule has 3 aromatic carbocycles. The molecule has 43 heavy (non-hydrogen) atoms. The van der Waals surface area contributed by atoms with Crippen LogP contribution in [0.2, 0.25) is 5.02 Å². The number of aromatic nitrogens is 1. The van der Waals surface area contributed by atoms with Crippen molar-refractivity contribution >= 4 is 50.9 Å². The summed E-state index contributed by atoms with van der Waals surface area (Å²) in [7, 11) is 0. The summed E-state index contributed by atoms with van der Waals surface area (Å²) in [5.74, 6) is 0.496. The number of primary amides is 1. The van der Waals surface area contributed by atoms with Crippen LogP contribution < -0.4 is 20.5 Å². The number of carbonyl (C=O) groups is 2. The molecule has 0 saturated carbocycles. The molecule has 1 fully saturated rings. The van der Waals surface area contributed by atoms with Crippen molar-refractivity contribution in [2.75, 3.05) is 32.8 Å². The zero-order chi connectivity index (χ0) is 30.3. The summed E-state index contributed by atoms with van der Waals surface area (Å²) in [5.41, 5.74) is 8.02. The highest BCUT2D eigenvalue weighted by Crippen LogP contribution is 2.33. The van der Waals surface area contributed by atoms with Crippen LogP contribution in [0, 0.1) is 5.41 Å². The van der Waals surface area contributed by atoms with Crippen molar-refractivity contribution in [3.8, 4) is 11.5 Å². The standard InChI is InChI=1S/C32H36ClN5O5/c33-24-16-20(25(34)9-11-30(35)40)8-10-28(24)43-19-31(41)38-14-12-21(13-15-38)36-17-22(39)18-42-29-7-3-6-27-32(29)23-4-1-2-5-26(23)37-27/h1-8,10,16,21-22,34,36-37,39H,9,11-15,17-19H2,(H2,35,40). The minimum atomic E-state index is -0.684. The Bertz CT molecular complexity index is 1610. The summed E-state index contributed by atoms with van der Waals surface area (Å²) in [6.45, 7) is 1.57. The lowest BCUT2D eigenvalue weighted by Gasteiger charge is -2.33. The highest BCUT2D eigenvalue weighted by Gasteiger charge is 2.24. The van der Waals surface area contributed by atoms with E-state index in [1.165, 1.54) is 0 Å². The highest BCUT2D eigenvalue weighted by molar-refractivity contribution is 6.32. The Morgan fingerprint density at radius 1 is 1.05 bits per heavy atom. The molecule has 0 radical (unpaired) electrons. The van der Waals surface area contributed by atoms with Gasteiger partial charge in [0.25, 0.3) is 5.91 Å². The van der Waals surface area contributed by atoms with E-state index >= 15 is 0 Å². The van der Waals surface area contributed by atoms with Crippen LogP contribution in [0.3, 0.4) is 0 Å². The lowest BCUT2D eigenvalue weighted by molar-refractivity contribution is -0.134. The molecule has 0 aliphatic carbocycles. The average Bonchev–Trinajstić information content (AvgIpc) is 3.40. The first-order chi connectivity index (χ1) is 20.8. The summed E-state index contributed by atoms with van der Waals surface area (Å²) in [6, 6.07) is 19.0. The number of likely N-dealkylation sites (tertiary alicyclic amines) is 1. The molecule has 1 aliphatic heterocycles. The fourth-order valence-electron chi connectivity index (χ4n) is 5.30. The second-order valence-corrected chi connectivity index (χ2v) is 11.2. The normalized spacial score (nSPS) is 14.6. The van der Waals surface area contributed by atoms with E-state index in [-0.39, 0.29) is 48.7 Å². The van der Waals surface area contributed by atoms with Gasteiger partial charge in [-0.25, -0.2) is 0 Å². The van der Waals surface area contributed by atoms with E-state index in [0.29, 0.717) is 30.9 Å². The van der Waals surface area contributed by atoms with Crippen molar-refractivity contribution in [3.63, 3.8) is 0 Å². The molecular weight excluding hydrogens is 570 g/mol. The van der Waals surface area contributed by atoms with Crippen molar-refractivity contribution in [3.05, 3.63) is 71.2 Å². The second kappa shape index (κ2) is 13.9. The van der Waals surface area contributed by atoms with Gasteiger partial charge in [-0.3, -0.25) is 9.59 Å². The monoisotopic (exact) mass is 605 g/mol. The molecule has 1 aromatic heterocycles. The quantitative estimate of drug-likeness (QED) is 0.145. The number of benzene rings is 3. The van der Waals surface area contributed by atoms with Crippen LogP contribution in [0.5, 0.6) is 11.5 Å². The zero-order valence-corrected chi connectivity index (χ0v) is 24.5. The number of ether oxygens (including phenoxy) is 2. The molecule has 4 aromatic rings. The maximum absolute atomic E-state index is 12.8. The first-order valence-electron chi connectivity index (χ1n) is 14.4. The maximum atomic E-state index is 12.8. The van der Waals surface area contributed by atoms with Gasteiger partial charge in [-0.05, 0) is 61.2 Å². The van der Waals surface area contributed by atoms with Crippen molar-refractivity contribution in [1.29, 1.82) is 5.41 Å². The molecule has 0 bridgehead atoms. The third-order valence-corrected chi connectivity index (χ3v) is 7.96. The van der Waals surface area contributed by atoms with Gasteiger partial charge in [0, 0.05) is 54.1 Å². The Hall–Kier alpha value is -4.12. The number of para-hydroxylation sites is 1. The van der Waals surface area contributed by atoms with Gasteiger partial charge >= 0.3 is 0 Å². The summed E-state index contributed by atoms with van der Waals surface area (Å²) in [5, 5.41) is 24.5. The topological polar surface area (TPSA) is 154 Å². The van der Waals surface area contributed by atoms with E-state index in [0.717, 1.165) is 40.4 Å². The Balaban J connectivity index is 1.03. The average molecular weight is 606 g/mol. The number of carbonyl (C=O) groups excluding carboxylic acids is 2. The number of H-pyrrole nitrogens is 1. The van der Waals surface area contributed by atoms with Crippen LogP contribution in [0.15, 0.2) is 60.7 Å². The molecule has 1 aliphatic rings. The van der Waals surface area contributed by atoms with Gasteiger partial charge in [-0.15, -0.1) is 0 Å². The zero-order valence-electron chi connectivity index (χ0n) is 23.8. The van der Waals surface area contributed by atoms with Crippen LogP contribution >= 0.6 is 11.6 Å². The van der Waals surface area contributed by atoms with Gasteiger partial charge in [-0.1, -0.05) is 35.9 Å². The number of nitrogens with one attached hydrogen (secondary N) is 3. The van der Waals surface area contributed by atoms with E-state index in [4.69, 9.17) is 32.2 Å². The number of hydrogen-bond acceptors (Lipinski definition) is 7. The number of hydrogen-bond donors (Lipinski definition) is 5. The number of aliphatic hydroxyl groups excluding tert-OH is 1. The van der Waals surface area contributed by atoms with Crippen LogP contribution in [0.1, 0.15) is 31.2 Å². The lowest BCUT2D eigenvalue weighted by Crippen LogP contribution is -2.48. The fourth-order valence-corrected chi connectivity index (χ4v) is 5.53. The van der Waals surface area contributed by atoms with E-state index in [2.05, 4.69) is 16.4 Å². The molecule has 10 nitrogen and oxygen atoms in total. The molecule has 2 amide bonds. The van der Waals surface area contributed by atoms with Crippen LogP contribution in [0.25, 0.3) is 21.8 Å². The summed E-state index contributed by atoms with van der Waals surface area (Å²) >= 11 is 6.31. The molecule has 226 valence electrons. The summed E-state index contributed by atoms with van der Waals surface area (Å²) < 4.78 is 11.7. The molecule has 5 rings (SSSR count). The highest BCUT2D eigenvalue weighted by atomic mass is 35.5. The minimum Gasteiger partial charge on any atom is -0.490 e. The largest absolute Gasteiger partial charge is 0.490 e. The molecule has 2 heterocycles. The Labute approximate surface area is 254 Å². The van der Waals surface area contributed by atoms with Crippen LogP contribution in [-0.2, 0) is 9.59 Å². The van der Waals surface area contributed by atoms with Gasteiger partial charge in [-0.2, -0.15) is 0 Å². The van der Waals surface area contributed by atoms with E-state index in [1.54, 1.807) is 23.1 Å². The van der Waals surface area contributed by atoms with Gasteiger partial charge < -0.3 is 40.9 Å². The number of aromatic amines is 1.